The number of carbonyl (C=O) groups is 2. The van der Waals surface area contributed by atoms with Crippen molar-refractivity contribution < 1.29 is 23.8 Å². The first kappa shape index (κ1) is 21.0. The maximum absolute atomic E-state index is 12.8. The van der Waals surface area contributed by atoms with Crippen LogP contribution in [0.1, 0.15) is 50.9 Å². The highest BCUT2D eigenvalue weighted by Crippen LogP contribution is 2.27. The number of ether oxygens (including phenoxy) is 3. The third-order valence-corrected chi connectivity index (χ3v) is 3.77. The third kappa shape index (κ3) is 5.74. The van der Waals surface area contributed by atoms with Gasteiger partial charge in [-0.25, -0.2) is 4.79 Å². The number of amides is 1. The predicted octanol–water partition coefficient (Wildman–Crippen LogP) is 3.65. The van der Waals surface area contributed by atoms with E-state index in [9.17, 15) is 9.59 Å². The van der Waals surface area contributed by atoms with Crippen molar-refractivity contribution in [2.45, 2.75) is 46.1 Å². The summed E-state index contributed by atoms with van der Waals surface area (Å²) in [5.41, 5.74) is -0.195. The molecule has 25 heavy (non-hydrogen) atoms. The molecule has 0 fully saturated rings. The van der Waals surface area contributed by atoms with Gasteiger partial charge in [0, 0.05) is 12.3 Å². The van der Waals surface area contributed by atoms with Gasteiger partial charge in [0.2, 0.25) is 0 Å². The summed E-state index contributed by atoms with van der Waals surface area (Å²) in [5.74, 6) is -0.0816. The van der Waals surface area contributed by atoms with Crippen LogP contribution in [0.5, 0.6) is 5.75 Å². The molecule has 6 nitrogen and oxygen atoms in total. The van der Waals surface area contributed by atoms with Crippen molar-refractivity contribution in [2.75, 3.05) is 26.1 Å². The molecule has 6 heteroatoms. The summed E-state index contributed by atoms with van der Waals surface area (Å²) >= 11 is 0. The predicted molar refractivity (Wildman–Crippen MR) is 97.1 cm³/mol. The number of hydrogen-bond acceptors (Lipinski definition) is 5. The SMILES string of the molecule is CCCOC(C)(CC(C)C)C(=O)Nc1ccc(OC)c(C(=O)OC)c1. The van der Waals surface area contributed by atoms with Crippen LogP contribution in [0.4, 0.5) is 5.69 Å². The third-order valence-electron chi connectivity index (χ3n) is 3.77. The summed E-state index contributed by atoms with van der Waals surface area (Å²) in [6.07, 6.45) is 1.43. The number of hydrogen-bond donors (Lipinski definition) is 1. The quantitative estimate of drug-likeness (QED) is 0.688. The highest BCUT2D eigenvalue weighted by Gasteiger charge is 2.35. The summed E-state index contributed by atoms with van der Waals surface area (Å²) in [6.45, 7) is 8.39. The highest BCUT2D eigenvalue weighted by atomic mass is 16.5. The average molecular weight is 351 g/mol. The molecule has 1 unspecified atom stereocenters. The molecule has 1 N–H and O–H groups in total. The monoisotopic (exact) mass is 351 g/mol. The van der Waals surface area contributed by atoms with Crippen LogP contribution in [0, 0.1) is 5.92 Å². The van der Waals surface area contributed by atoms with Gasteiger partial charge in [-0.05, 0) is 43.9 Å². The number of benzene rings is 1. The van der Waals surface area contributed by atoms with Gasteiger partial charge >= 0.3 is 5.97 Å². The van der Waals surface area contributed by atoms with Crippen molar-refractivity contribution in [3.05, 3.63) is 23.8 Å². The van der Waals surface area contributed by atoms with E-state index in [4.69, 9.17) is 14.2 Å². The fourth-order valence-electron chi connectivity index (χ4n) is 2.64. The molecule has 140 valence electrons. The molecular formula is C19H29NO5. The minimum atomic E-state index is -0.935. The zero-order chi connectivity index (χ0) is 19.0. The molecule has 0 aromatic heterocycles. The van der Waals surface area contributed by atoms with Crippen LogP contribution >= 0.6 is 0 Å². The molecule has 0 radical (unpaired) electrons. The summed E-state index contributed by atoms with van der Waals surface area (Å²) in [4.78, 5) is 24.7. The van der Waals surface area contributed by atoms with E-state index < -0.39 is 11.6 Å². The molecule has 0 saturated carbocycles. The van der Waals surface area contributed by atoms with E-state index >= 15 is 0 Å². The molecule has 0 aliphatic carbocycles. The number of nitrogens with one attached hydrogen (secondary N) is 1. The number of anilines is 1. The maximum Gasteiger partial charge on any atom is 0.341 e. The number of esters is 1. The van der Waals surface area contributed by atoms with Crippen LogP contribution in [0.3, 0.4) is 0 Å². The van der Waals surface area contributed by atoms with Crippen molar-refractivity contribution in [1.29, 1.82) is 0 Å². The first-order chi connectivity index (χ1) is 11.8. The van der Waals surface area contributed by atoms with Crippen LogP contribution in [-0.2, 0) is 14.3 Å². The minimum Gasteiger partial charge on any atom is -0.496 e. The largest absolute Gasteiger partial charge is 0.496 e. The Morgan fingerprint density at radius 3 is 2.44 bits per heavy atom. The number of methoxy groups -OCH3 is 2. The van der Waals surface area contributed by atoms with Crippen LogP contribution in [0.15, 0.2) is 18.2 Å². The molecule has 0 spiro atoms. The molecule has 1 aromatic carbocycles. The average Bonchev–Trinajstić information content (AvgIpc) is 2.58. The van der Waals surface area contributed by atoms with Gasteiger partial charge in [0.1, 0.15) is 16.9 Å². The van der Waals surface area contributed by atoms with Gasteiger partial charge in [-0.1, -0.05) is 20.8 Å². The molecule has 1 amide bonds. The van der Waals surface area contributed by atoms with Gasteiger partial charge in [0.05, 0.1) is 14.2 Å². The summed E-state index contributed by atoms with van der Waals surface area (Å²) in [5, 5.41) is 2.84. The Morgan fingerprint density at radius 2 is 1.92 bits per heavy atom. The molecule has 1 rings (SSSR count). The zero-order valence-corrected chi connectivity index (χ0v) is 16.0. The summed E-state index contributed by atoms with van der Waals surface area (Å²) < 4.78 is 15.8. The van der Waals surface area contributed by atoms with Gasteiger partial charge in [-0.3, -0.25) is 4.79 Å². The number of carbonyl (C=O) groups excluding carboxylic acids is 2. The lowest BCUT2D eigenvalue weighted by molar-refractivity contribution is -0.141. The lowest BCUT2D eigenvalue weighted by Crippen LogP contribution is -2.44. The fraction of sp³-hybridized carbons (Fsp3) is 0.579. The molecule has 0 heterocycles. The van der Waals surface area contributed by atoms with E-state index in [1.807, 2.05) is 20.8 Å². The Morgan fingerprint density at radius 1 is 1.24 bits per heavy atom. The van der Waals surface area contributed by atoms with Crippen LogP contribution in [-0.4, -0.2) is 38.3 Å². The highest BCUT2D eigenvalue weighted by molar-refractivity contribution is 5.99. The number of rotatable bonds is 9. The van der Waals surface area contributed by atoms with E-state index in [-0.39, 0.29) is 11.5 Å². The van der Waals surface area contributed by atoms with Crippen molar-refractivity contribution in [2.24, 2.45) is 5.92 Å². The van der Waals surface area contributed by atoms with E-state index in [2.05, 4.69) is 5.32 Å². The van der Waals surface area contributed by atoms with Crippen LogP contribution in [0.2, 0.25) is 0 Å². The lowest BCUT2D eigenvalue weighted by Gasteiger charge is -2.30. The lowest BCUT2D eigenvalue weighted by atomic mass is 9.93. The van der Waals surface area contributed by atoms with Gasteiger partial charge < -0.3 is 19.5 Å². The summed E-state index contributed by atoms with van der Waals surface area (Å²) in [7, 11) is 2.77. The first-order valence-electron chi connectivity index (χ1n) is 8.49. The minimum absolute atomic E-state index is 0.240. The Labute approximate surface area is 149 Å². The first-order valence-corrected chi connectivity index (χ1v) is 8.49. The normalized spacial score (nSPS) is 13.2. The Balaban J connectivity index is 3.05. The van der Waals surface area contributed by atoms with Crippen molar-refractivity contribution in [3.63, 3.8) is 0 Å². The molecule has 0 bridgehead atoms. The van der Waals surface area contributed by atoms with Crippen LogP contribution in [0.25, 0.3) is 0 Å². The van der Waals surface area contributed by atoms with Crippen molar-refractivity contribution in [1.82, 2.24) is 0 Å². The molecule has 0 saturated heterocycles. The second-order valence-electron chi connectivity index (χ2n) is 6.54. The van der Waals surface area contributed by atoms with Gasteiger partial charge in [-0.15, -0.1) is 0 Å². The molecule has 0 aliphatic rings. The molecule has 1 aromatic rings. The van der Waals surface area contributed by atoms with Gasteiger partial charge in [0.25, 0.3) is 5.91 Å². The molecule has 0 aliphatic heterocycles. The van der Waals surface area contributed by atoms with E-state index in [1.54, 1.807) is 19.1 Å². The van der Waals surface area contributed by atoms with Crippen LogP contribution < -0.4 is 10.1 Å². The zero-order valence-electron chi connectivity index (χ0n) is 16.0. The van der Waals surface area contributed by atoms with E-state index in [1.165, 1.54) is 20.3 Å². The van der Waals surface area contributed by atoms with Gasteiger partial charge in [-0.2, -0.15) is 0 Å². The summed E-state index contributed by atoms with van der Waals surface area (Å²) in [6, 6.07) is 4.84. The standard InChI is InChI=1S/C19H29NO5/c1-7-10-25-19(4,12-13(2)3)18(22)20-14-8-9-16(23-5)15(11-14)17(21)24-6/h8-9,11,13H,7,10,12H2,1-6H3,(H,20,22). The topological polar surface area (TPSA) is 73.9 Å². The molecular weight excluding hydrogens is 322 g/mol. The van der Waals surface area contributed by atoms with Crippen molar-refractivity contribution >= 4 is 17.6 Å². The Kier molecular flexibility index (Phi) is 7.90. The Bertz CT molecular complexity index is 599. The second kappa shape index (κ2) is 9.42. The van der Waals surface area contributed by atoms with Gasteiger partial charge in [0.15, 0.2) is 0 Å². The van der Waals surface area contributed by atoms with E-state index in [0.29, 0.717) is 30.4 Å². The second-order valence-corrected chi connectivity index (χ2v) is 6.54. The smallest absolute Gasteiger partial charge is 0.341 e. The fourth-order valence-corrected chi connectivity index (χ4v) is 2.64. The van der Waals surface area contributed by atoms with E-state index in [0.717, 1.165) is 6.42 Å². The maximum atomic E-state index is 12.8. The van der Waals surface area contributed by atoms with Crippen molar-refractivity contribution in [3.8, 4) is 5.75 Å². The molecule has 1 atom stereocenters. The Hall–Kier alpha value is -2.08.